The van der Waals surface area contributed by atoms with Gasteiger partial charge >= 0.3 is 0 Å². The highest BCUT2D eigenvalue weighted by Gasteiger charge is 2.29. The molecule has 0 radical (unpaired) electrons. The molecule has 1 aliphatic heterocycles. The van der Waals surface area contributed by atoms with Gasteiger partial charge in [-0.2, -0.15) is 0 Å². The monoisotopic (exact) mass is 416 g/mol. The van der Waals surface area contributed by atoms with Crippen molar-refractivity contribution in [2.24, 2.45) is 0 Å². The zero-order chi connectivity index (χ0) is 18.6. The summed E-state index contributed by atoms with van der Waals surface area (Å²) in [6, 6.07) is 6.73. The number of nitrogens with one attached hydrogen (secondary N) is 2. The van der Waals surface area contributed by atoms with E-state index in [1.165, 1.54) is 0 Å². The molecule has 1 aromatic rings. The highest BCUT2D eigenvalue weighted by molar-refractivity contribution is 7.91. The summed E-state index contributed by atoms with van der Waals surface area (Å²) in [6.45, 7) is 3.10. The molecule has 2 aliphatic rings. The molecule has 1 amide bonds. The predicted octanol–water partition coefficient (Wildman–Crippen LogP) is 2.67. The molecule has 1 heterocycles. The zero-order valence-corrected chi connectivity index (χ0v) is 17.3. The molecule has 0 bridgehead atoms. The summed E-state index contributed by atoms with van der Waals surface area (Å²) in [4.78, 5) is 12.4. The Hall–Kier alpha value is -1.15. The van der Waals surface area contributed by atoms with Crippen LogP contribution in [-0.4, -0.2) is 44.9 Å². The molecule has 1 aromatic carbocycles. The van der Waals surface area contributed by atoms with E-state index in [1.54, 1.807) is 24.3 Å². The van der Waals surface area contributed by atoms with Crippen LogP contribution in [0.2, 0.25) is 0 Å². The van der Waals surface area contributed by atoms with Crippen LogP contribution in [0.5, 0.6) is 0 Å². The molecule has 0 aromatic heterocycles. The lowest BCUT2D eigenvalue weighted by Crippen LogP contribution is -2.53. The molecule has 6 nitrogen and oxygen atoms in total. The fraction of sp³-hybridized carbons (Fsp3) is 0.632. The van der Waals surface area contributed by atoms with Gasteiger partial charge in [-0.1, -0.05) is 31.4 Å². The van der Waals surface area contributed by atoms with Crippen LogP contribution >= 0.6 is 12.4 Å². The molecule has 2 N–H and O–H groups in total. The Morgan fingerprint density at radius 2 is 2.00 bits per heavy atom. The standard InChI is InChI=1S/C19H28N2O4S.ClH/c1-14-18(20-10-11-25-14)19(22)21-16-7-5-6-15(12-16)13-26(23,24)17-8-3-2-4-9-17;/h5-7,12,14,17-18,20H,2-4,8-11,13H2,1H3,(H,21,22);1H/t14-,18+;/m1./s1. The van der Waals surface area contributed by atoms with Crippen molar-refractivity contribution in [1.82, 2.24) is 5.32 Å². The van der Waals surface area contributed by atoms with Crippen LogP contribution in [0.25, 0.3) is 0 Å². The molecule has 27 heavy (non-hydrogen) atoms. The van der Waals surface area contributed by atoms with Crippen LogP contribution in [0.1, 0.15) is 44.6 Å². The molecular weight excluding hydrogens is 388 g/mol. The third-order valence-corrected chi connectivity index (χ3v) is 7.44. The summed E-state index contributed by atoms with van der Waals surface area (Å²) >= 11 is 0. The molecule has 2 atom stereocenters. The van der Waals surface area contributed by atoms with Gasteiger partial charge in [0.2, 0.25) is 5.91 Å². The lowest BCUT2D eigenvalue weighted by molar-refractivity contribution is -0.123. The molecule has 0 unspecified atom stereocenters. The van der Waals surface area contributed by atoms with Gasteiger partial charge in [-0.05, 0) is 37.5 Å². The van der Waals surface area contributed by atoms with Crippen molar-refractivity contribution in [2.75, 3.05) is 18.5 Å². The van der Waals surface area contributed by atoms with Crippen LogP contribution in [0, 0.1) is 0 Å². The van der Waals surface area contributed by atoms with Crippen LogP contribution in [-0.2, 0) is 25.1 Å². The average Bonchev–Trinajstić information content (AvgIpc) is 2.63. The topological polar surface area (TPSA) is 84.5 Å². The number of morpholine rings is 1. The number of rotatable bonds is 5. The first-order valence-electron chi connectivity index (χ1n) is 9.42. The fourth-order valence-electron chi connectivity index (χ4n) is 3.76. The van der Waals surface area contributed by atoms with Crippen LogP contribution in [0.15, 0.2) is 24.3 Å². The van der Waals surface area contributed by atoms with Crippen molar-refractivity contribution in [3.63, 3.8) is 0 Å². The Morgan fingerprint density at radius 3 is 2.70 bits per heavy atom. The number of amides is 1. The van der Waals surface area contributed by atoms with Crippen molar-refractivity contribution >= 4 is 33.8 Å². The number of carbonyl (C=O) groups is 1. The van der Waals surface area contributed by atoms with Gasteiger partial charge in [0, 0.05) is 12.2 Å². The second-order valence-electron chi connectivity index (χ2n) is 7.26. The van der Waals surface area contributed by atoms with E-state index in [4.69, 9.17) is 4.74 Å². The molecule has 1 saturated heterocycles. The summed E-state index contributed by atoms with van der Waals surface area (Å²) in [7, 11) is -3.16. The Labute approximate surface area is 167 Å². The van der Waals surface area contributed by atoms with Gasteiger partial charge in [0.25, 0.3) is 0 Å². The van der Waals surface area contributed by atoms with Crippen molar-refractivity contribution in [3.8, 4) is 0 Å². The van der Waals surface area contributed by atoms with E-state index < -0.39 is 15.9 Å². The number of hydrogen-bond donors (Lipinski definition) is 2. The lowest BCUT2D eigenvalue weighted by Gasteiger charge is -2.29. The molecule has 2 fully saturated rings. The molecule has 0 spiro atoms. The number of ether oxygens (including phenoxy) is 1. The smallest absolute Gasteiger partial charge is 0.244 e. The van der Waals surface area contributed by atoms with Gasteiger partial charge in [0.05, 0.1) is 23.7 Å². The Bertz CT molecular complexity index is 735. The van der Waals surface area contributed by atoms with Gasteiger partial charge in [0.15, 0.2) is 9.84 Å². The van der Waals surface area contributed by atoms with Gasteiger partial charge in [-0.3, -0.25) is 4.79 Å². The third kappa shape index (κ3) is 5.91. The van der Waals surface area contributed by atoms with E-state index in [0.29, 0.717) is 24.4 Å². The fourth-order valence-corrected chi connectivity index (χ4v) is 5.69. The minimum Gasteiger partial charge on any atom is -0.375 e. The van der Waals surface area contributed by atoms with Crippen molar-refractivity contribution in [3.05, 3.63) is 29.8 Å². The molecule has 1 saturated carbocycles. The summed E-state index contributed by atoms with van der Waals surface area (Å²) in [5, 5.41) is 5.80. The maximum atomic E-state index is 12.7. The predicted molar refractivity (Wildman–Crippen MR) is 109 cm³/mol. The largest absolute Gasteiger partial charge is 0.375 e. The number of halogens is 1. The highest BCUT2D eigenvalue weighted by Crippen LogP contribution is 2.26. The van der Waals surface area contributed by atoms with E-state index in [-0.39, 0.29) is 35.4 Å². The van der Waals surface area contributed by atoms with E-state index in [1.807, 2.05) is 6.92 Å². The highest BCUT2D eigenvalue weighted by atomic mass is 35.5. The normalized spacial score (nSPS) is 24.0. The van der Waals surface area contributed by atoms with E-state index >= 15 is 0 Å². The Kier molecular flexibility index (Phi) is 8.09. The number of hydrogen-bond acceptors (Lipinski definition) is 5. The summed E-state index contributed by atoms with van der Waals surface area (Å²) in [5.74, 6) is -0.132. The van der Waals surface area contributed by atoms with Gasteiger partial charge in [0.1, 0.15) is 6.04 Å². The molecule has 152 valence electrons. The number of sulfone groups is 1. The number of carbonyl (C=O) groups excluding carboxylic acids is 1. The third-order valence-electron chi connectivity index (χ3n) is 5.22. The van der Waals surface area contributed by atoms with Gasteiger partial charge in [-0.15, -0.1) is 12.4 Å². The summed E-state index contributed by atoms with van der Waals surface area (Å²) < 4.78 is 30.8. The van der Waals surface area contributed by atoms with Crippen LogP contribution in [0.4, 0.5) is 5.69 Å². The molecular formula is C19H29ClN2O4S. The summed E-state index contributed by atoms with van der Waals surface area (Å²) in [6.07, 6.45) is 4.46. The van der Waals surface area contributed by atoms with Crippen molar-refractivity contribution in [2.45, 2.75) is 62.2 Å². The molecule has 3 rings (SSSR count). The first kappa shape index (κ1) is 22.1. The Morgan fingerprint density at radius 1 is 1.26 bits per heavy atom. The van der Waals surface area contributed by atoms with Crippen LogP contribution < -0.4 is 10.6 Å². The second kappa shape index (κ2) is 9.87. The molecule has 1 aliphatic carbocycles. The maximum absolute atomic E-state index is 12.7. The maximum Gasteiger partial charge on any atom is 0.244 e. The SMILES string of the molecule is C[C@H]1OCCN[C@@H]1C(=O)Nc1cccc(CS(=O)(=O)C2CCCCC2)c1.Cl. The zero-order valence-electron chi connectivity index (χ0n) is 15.6. The minimum atomic E-state index is -3.16. The number of anilines is 1. The quantitative estimate of drug-likeness (QED) is 0.770. The average molecular weight is 417 g/mol. The Balaban J connectivity index is 0.00000261. The van der Waals surface area contributed by atoms with Crippen molar-refractivity contribution < 1.29 is 17.9 Å². The first-order valence-corrected chi connectivity index (χ1v) is 11.1. The van der Waals surface area contributed by atoms with E-state index in [2.05, 4.69) is 10.6 Å². The van der Waals surface area contributed by atoms with Gasteiger partial charge < -0.3 is 15.4 Å². The minimum absolute atomic E-state index is 0. The number of benzene rings is 1. The van der Waals surface area contributed by atoms with Crippen molar-refractivity contribution in [1.29, 1.82) is 0 Å². The molecule has 8 heteroatoms. The second-order valence-corrected chi connectivity index (χ2v) is 9.55. The van der Waals surface area contributed by atoms with E-state index in [9.17, 15) is 13.2 Å². The summed E-state index contributed by atoms with van der Waals surface area (Å²) in [5.41, 5.74) is 1.33. The van der Waals surface area contributed by atoms with Gasteiger partial charge in [-0.25, -0.2) is 8.42 Å². The lowest BCUT2D eigenvalue weighted by atomic mass is 10.0. The van der Waals surface area contributed by atoms with Crippen LogP contribution in [0.3, 0.4) is 0 Å². The first-order chi connectivity index (χ1) is 12.5. The van der Waals surface area contributed by atoms with E-state index in [0.717, 1.165) is 32.1 Å².